The molecular formula is C25H38F6O3. The molecule has 2 aliphatic carbocycles. The average molecular weight is 501 g/mol. The summed E-state index contributed by atoms with van der Waals surface area (Å²) in [6.07, 6.45) is -5.36. The molecule has 0 spiro atoms. The molecule has 0 amide bonds. The summed E-state index contributed by atoms with van der Waals surface area (Å²) in [7, 11) is 0. The van der Waals surface area contributed by atoms with Gasteiger partial charge in [0, 0.05) is 0 Å². The van der Waals surface area contributed by atoms with E-state index in [9.17, 15) is 41.7 Å². The van der Waals surface area contributed by atoms with Crippen LogP contribution in [0.15, 0.2) is 23.8 Å². The maximum absolute atomic E-state index is 13.0. The van der Waals surface area contributed by atoms with Gasteiger partial charge in [0.25, 0.3) is 5.60 Å². The molecule has 0 unspecified atom stereocenters. The maximum atomic E-state index is 13.0. The first kappa shape index (κ1) is 29.2. The predicted octanol–water partition coefficient (Wildman–Crippen LogP) is 6.48. The summed E-state index contributed by atoms with van der Waals surface area (Å²) in [5, 5.41) is 29.0. The Bertz CT molecular complexity index is 729. The maximum Gasteiger partial charge on any atom is 0.426 e. The van der Waals surface area contributed by atoms with Gasteiger partial charge >= 0.3 is 12.4 Å². The molecule has 0 radical (unpaired) electrons. The summed E-state index contributed by atoms with van der Waals surface area (Å²) in [5.74, 6) is 0.0196. The summed E-state index contributed by atoms with van der Waals surface area (Å²) in [6, 6.07) is 0. The van der Waals surface area contributed by atoms with Crippen molar-refractivity contribution in [2.75, 3.05) is 0 Å². The molecule has 0 aliphatic heterocycles. The van der Waals surface area contributed by atoms with Gasteiger partial charge in [0.1, 0.15) is 0 Å². The number of hydrogen-bond donors (Lipinski definition) is 3. The second-order valence-corrected chi connectivity index (χ2v) is 11.1. The quantitative estimate of drug-likeness (QED) is 0.351. The molecule has 2 saturated carbocycles. The van der Waals surface area contributed by atoms with E-state index in [4.69, 9.17) is 0 Å². The van der Waals surface area contributed by atoms with Crippen LogP contribution in [0.2, 0.25) is 0 Å². The van der Waals surface area contributed by atoms with Crippen LogP contribution in [0.3, 0.4) is 0 Å². The lowest BCUT2D eigenvalue weighted by Gasteiger charge is -2.46. The molecule has 34 heavy (non-hydrogen) atoms. The Balaban J connectivity index is 2.04. The highest BCUT2D eigenvalue weighted by atomic mass is 19.4. The van der Waals surface area contributed by atoms with E-state index in [1.165, 1.54) is 0 Å². The van der Waals surface area contributed by atoms with Crippen molar-refractivity contribution in [1.29, 1.82) is 0 Å². The molecule has 3 N–H and O–H groups in total. The zero-order valence-corrected chi connectivity index (χ0v) is 20.3. The Kier molecular flexibility index (Phi) is 8.69. The molecule has 0 bridgehead atoms. The normalized spacial score (nSPS) is 31.8. The summed E-state index contributed by atoms with van der Waals surface area (Å²) in [6.45, 7) is 8.06. The van der Waals surface area contributed by atoms with Crippen molar-refractivity contribution in [2.45, 2.75) is 109 Å². The van der Waals surface area contributed by atoms with E-state index in [2.05, 4.69) is 19.9 Å². The molecule has 2 rings (SSSR count). The molecule has 3 nitrogen and oxygen atoms in total. The third kappa shape index (κ3) is 5.84. The summed E-state index contributed by atoms with van der Waals surface area (Å²) in [5.41, 5.74) is -4.28. The van der Waals surface area contributed by atoms with Crippen LogP contribution in [0.4, 0.5) is 26.3 Å². The Labute approximate surface area is 197 Å². The van der Waals surface area contributed by atoms with Crippen LogP contribution >= 0.6 is 0 Å². The summed E-state index contributed by atoms with van der Waals surface area (Å²) >= 11 is 0. The fourth-order valence-corrected chi connectivity index (χ4v) is 5.84. The zero-order chi connectivity index (χ0) is 26.2. The van der Waals surface area contributed by atoms with Gasteiger partial charge in [-0.2, -0.15) is 26.3 Å². The highest BCUT2D eigenvalue weighted by molar-refractivity contribution is 5.19. The topological polar surface area (TPSA) is 60.7 Å². The second kappa shape index (κ2) is 10.1. The smallest absolute Gasteiger partial charge is 0.393 e. The SMILES string of the molecule is C[C@H](CCCC(O)(C(F)(F)F)C(F)(F)F)[C@@]1(C)CC[C@@H](/C=C/C=C2C[C@@H](O)C[C@H](O)C2)C1(C)C. The Hall–Kier alpha value is -1.06. The number of aliphatic hydroxyl groups excluding tert-OH is 2. The van der Waals surface area contributed by atoms with Crippen LogP contribution in [0.25, 0.3) is 0 Å². The Morgan fingerprint density at radius 3 is 2.03 bits per heavy atom. The largest absolute Gasteiger partial charge is 0.426 e. The number of halogens is 6. The molecule has 5 atom stereocenters. The third-order valence-corrected chi connectivity index (χ3v) is 8.79. The van der Waals surface area contributed by atoms with Crippen molar-refractivity contribution in [2.24, 2.45) is 22.7 Å². The molecule has 0 aromatic heterocycles. The summed E-state index contributed by atoms with van der Waals surface area (Å²) in [4.78, 5) is 0. The van der Waals surface area contributed by atoms with Crippen molar-refractivity contribution in [3.8, 4) is 0 Å². The van der Waals surface area contributed by atoms with Gasteiger partial charge in [-0.15, -0.1) is 0 Å². The van der Waals surface area contributed by atoms with Gasteiger partial charge in [-0.05, 0) is 67.6 Å². The minimum Gasteiger partial charge on any atom is -0.393 e. The van der Waals surface area contributed by atoms with Crippen molar-refractivity contribution in [3.63, 3.8) is 0 Å². The van der Waals surface area contributed by atoms with Gasteiger partial charge in [-0.25, -0.2) is 0 Å². The van der Waals surface area contributed by atoms with E-state index >= 15 is 0 Å². The van der Waals surface area contributed by atoms with Gasteiger partial charge in [-0.1, -0.05) is 57.9 Å². The molecule has 2 fully saturated rings. The first-order chi connectivity index (χ1) is 15.3. The highest BCUT2D eigenvalue weighted by Crippen LogP contribution is 2.61. The fourth-order valence-electron chi connectivity index (χ4n) is 5.84. The highest BCUT2D eigenvalue weighted by Gasteiger charge is 2.69. The number of rotatable bonds is 7. The first-order valence-electron chi connectivity index (χ1n) is 11.9. The van der Waals surface area contributed by atoms with Gasteiger partial charge in [0.2, 0.25) is 0 Å². The number of alkyl halides is 6. The van der Waals surface area contributed by atoms with E-state index in [0.29, 0.717) is 19.3 Å². The van der Waals surface area contributed by atoms with E-state index in [0.717, 1.165) is 18.4 Å². The van der Waals surface area contributed by atoms with Gasteiger partial charge in [0.15, 0.2) is 0 Å². The number of allylic oxidation sites excluding steroid dienone is 3. The zero-order valence-electron chi connectivity index (χ0n) is 20.3. The standard InChI is InChI=1S/C25H38F6O3/c1-16(7-6-11-23(34,24(26,27)28)25(29,30)31)22(4)12-10-18(21(22,2)3)9-5-8-17-13-19(32)15-20(33)14-17/h5,8-9,16,18-20,32-34H,6-7,10-15H2,1-4H3/b9-5+/t16-,18-,19-,20-,22-/m1/s1. The molecule has 0 aromatic carbocycles. The Morgan fingerprint density at radius 2 is 1.53 bits per heavy atom. The lowest BCUT2D eigenvalue weighted by molar-refractivity contribution is -0.370. The molecule has 0 saturated heterocycles. The summed E-state index contributed by atoms with van der Waals surface area (Å²) < 4.78 is 77.8. The van der Waals surface area contributed by atoms with Crippen LogP contribution in [0.1, 0.15) is 79.1 Å². The minimum atomic E-state index is -5.78. The van der Waals surface area contributed by atoms with Gasteiger partial charge in [0.05, 0.1) is 12.2 Å². The second-order valence-electron chi connectivity index (χ2n) is 11.1. The van der Waals surface area contributed by atoms with E-state index in [1.54, 1.807) is 0 Å². The predicted molar refractivity (Wildman–Crippen MR) is 118 cm³/mol. The van der Waals surface area contributed by atoms with Gasteiger partial charge < -0.3 is 15.3 Å². The van der Waals surface area contributed by atoms with Crippen molar-refractivity contribution < 1.29 is 41.7 Å². The molecule has 2 aliphatic rings. The van der Waals surface area contributed by atoms with Crippen LogP contribution in [0.5, 0.6) is 0 Å². The van der Waals surface area contributed by atoms with Crippen LogP contribution < -0.4 is 0 Å². The van der Waals surface area contributed by atoms with Crippen LogP contribution in [0, 0.1) is 22.7 Å². The van der Waals surface area contributed by atoms with Crippen molar-refractivity contribution >= 4 is 0 Å². The van der Waals surface area contributed by atoms with Crippen molar-refractivity contribution in [3.05, 3.63) is 23.8 Å². The van der Waals surface area contributed by atoms with Crippen molar-refractivity contribution in [1.82, 2.24) is 0 Å². The minimum absolute atomic E-state index is 0.144. The lowest BCUT2D eigenvalue weighted by Crippen LogP contribution is -2.56. The van der Waals surface area contributed by atoms with E-state index < -0.39 is 36.6 Å². The van der Waals surface area contributed by atoms with Crippen LogP contribution in [-0.4, -0.2) is 45.5 Å². The first-order valence-corrected chi connectivity index (χ1v) is 11.9. The number of aliphatic hydroxyl groups is 3. The van der Waals surface area contributed by atoms with E-state index in [-0.39, 0.29) is 35.5 Å². The monoisotopic (exact) mass is 500 g/mol. The Morgan fingerprint density at radius 1 is 1.00 bits per heavy atom. The van der Waals surface area contributed by atoms with Gasteiger partial charge in [-0.3, -0.25) is 0 Å². The lowest BCUT2D eigenvalue weighted by atomic mass is 9.59. The van der Waals surface area contributed by atoms with Crippen LogP contribution in [-0.2, 0) is 0 Å². The molecule has 0 heterocycles. The number of hydrogen-bond acceptors (Lipinski definition) is 3. The fraction of sp³-hybridized carbons (Fsp3) is 0.840. The molecule has 9 heteroatoms. The van der Waals surface area contributed by atoms with E-state index in [1.807, 2.05) is 26.0 Å². The molecular weight excluding hydrogens is 462 g/mol. The molecule has 198 valence electrons. The average Bonchev–Trinajstić information content (AvgIpc) is 2.89. The molecule has 0 aromatic rings. The third-order valence-electron chi connectivity index (χ3n) is 8.79.